The van der Waals surface area contributed by atoms with Crippen molar-refractivity contribution >= 4 is 0 Å². The van der Waals surface area contributed by atoms with E-state index in [1.165, 1.54) is 11.6 Å². The van der Waals surface area contributed by atoms with Gasteiger partial charge in [0.05, 0.1) is 6.04 Å². The van der Waals surface area contributed by atoms with Crippen LogP contribution in [0.5, 0.6) is 11.5 Å². The van der Waals surface area contributed by atoms with Crippen LogP contribution in [0.4, 0.5) is 0 Å². The minimum absolute atomic E-state index is 0.0488. The SMILES string of the molecule is CN(Cc1ccccc1)C(CN)c1ccc(O)cc1O. The standard InChI is InChI=1S/C16H20N2O2/c1-18(11-12-5-3-2-4-6-12)15(10-17)14-8-7-13(19)9-16(14)20/h2-9,15,19-20H,10-11,17H2,1H3. The normalized spacial score (nSPS) is 12.6. The van der Waals surface area contributed by atoms with Crippen LogP contribution in [0.3, 0.4) is 0 Å². The number of likely N-dealkylation sites (N-methyl/N-ethyl adjacent to an activating group) is 1. The van der Waals surface area contributed by atoms with Crippen molar-refractivity contribution in [3.8, 4) is 11.5 Å². The Balaban J connectivity index is 2.19. The summed E-state index contributed by atoms with van der Waals surface area (Å²) in [5.74, 6) is 0.119. The minimum atomic E-state index is -0.101. The van der Waals surface area contributed by atoms with Crippen LogP contribution in [-0.4, -0.2) is 28.7 Å². The van der Waals surface area contributed by atoms with E-state index in [-0.39, 0.29) is 17.5 Å². The first-order chi connectivity index (χ1) is 9.61. The molecule has 2 rings (SSSR count). The third kappa shape index (κ3) is 3.29. The number of rotatable bonds is 5. The molecule has 0 aliphatic heterocycles. The molecular weight excluding hydrogens is 252 g/mol. The largest absolute Gasteiger partial charge is 0.508 e. The van der Waals surface area contributed by atoms with Crippen LogP contribution in [0, 0.1) is 0 Å². The van der Waals surface area contributed by atoms with Crippen molar-refractivity contribution in [1.82, 2.24) is 4.90 Å². The first-order valence-corrected chi connectivity index (χ1v) is 6.58. The molecular formula is C16H20N2O2. The van der Waals surface area contributed by atoms with Gasteiger partial charge in [-0.3, -0.25) is 4.90 Å². The van der Waals surface area contributed by atoms with Gasteiger partial charge in [0.1, 0.15) is 11.5 Å². The second-order valence-electron chi connectivity index (χ2n) is 4.90. The molecule has 0 fully saturated rings. The summed E-state index contributed by atoms with van der Waals surface area (Å²) >= 11 is 0. The monoisotopic (exact) mass is 272 g/mol. The number of phenols is 2. The lowest BCUT2D eigenvalue weighted by Gasteiger charge is -2.28. The van der Waals surface area contributed by atoms with E-state index < -0.39 is 0 Å². The Kier molecular flexibility index (Phi) is 4.61. The fourth-order valence-electron chi connectivity index (χ4n) is 2.34. The van der Waals surface area contributed by atoms with Crippen molar-refractivity contribution < 1.29 is 10.2 Å². The third-order valence-electron chi connectivity index (χ3n) is 3.40. The molecule has 0 saturated heterocycles. The molecule has 0 aliphatic rings. The molecule has 4 nitrogen and oxygen atoms in total. The Morgan fingerprint density at radius 1 is 1.10 bits per heavy atom. The maximum absolute atomic E-state index is 9.97. The molecule has 1 unspecified atom stereocenters. The van der Waals surface area contributed by atoms with E-state index in [2.05, 4.69) is 17.0 Å². The van der Waals surface area contributed by atoms with Crippen LogP contribution in [-0.2, 0) is 6.54 Å². The fourth-order valence-corrected chi connectivity index (χ4v) is 2.34. The van der Waals surface area contributed by atoms with Crippen LogP contribution in [0.15, 0.2) is 48.5 Å². The molecule has 2 aromatic carbocycles. The molecule has 106 valence electrons. The van der Waals surface area contributed by atoms with Gasteiger partial charge in [-0.05, 0) is 18.7 Å². The van der Waals surface area contributed by atoms with E-state index in [4.69, 9.17) is 5.73 Å². The summed E-state index contributed by atoms with van der Waals surface area (Å²) in [5.41, 5.74) is 7.76. The molecule has 0 radical (unpaired) electrons. The van der Waals surface area contributed by atoms with Crippen LogP contribution >= 0.6 is 0 Å². The fraction of sp³-hybridized carbons (Fsp3) is 0.250. The van der Waals surface area contributed by atoms with Crippen molar-refractivity contribution in [2.45, 2.75) is 12.6 Å². The zero-order chi connectivity index (χ0) is 14.5. The lowest BCUT2D eigenvalue weighted by molar-refractivity contribution is 0.237. The number of benzene rings is 2. The summed E-state index contributed by atoms with van der Waals surface area (Å²) in [6, 6.07) is 14.6. The first-order valence-electron chi connectivity index (χ1n) is 6.58. The first kappa shape index (κ1) is 14.4. The Morgan fingerprint density at radius 2 is 1.80 bits per heavy atom. The molecule has 0 amide bonds. The third-order valence-corrected chi connectivity index (χ3v) is 3.40. The Morgan fingerprint density at radius 3 is 2.40 bits per heavy atom. The van der Waals surface area contributed by atoms with E-state index in [1.807, 2.05) is 25.2 Å². The van der Waals surface area contributed by atoms with Crippen LogP contribution < -0.4 is 5.73 Å². The molecule has 0 saturated carbocycles. The highest BCUT2D eigenvalue weighted by Crippen LogP contribution is 2.30. The zero-order valence-electron chi connectivity index (χ0n) is 11.5. The lowest BCUT2D eigenvalue weighted by atomic mass is 10.0. The number of hydrogen-bond acceptors (Lipinski definition) is 4. The topological polar surface area (TPSA) is 69.7 Å². The van der Waals surface area contributed by atoms with Gasteiger partial charge < -0.3 is 15.9 Å². The van der Waals surface area contributed by atoms with Gasteiger partial charge in [-0.25, -0.2) is 0 Å². The Bertz CT molecular complexity index is 558. The van der Waals surface area contributed by atoms with Gasteiger partial charge in [0, 0.05) is 24.7 Å². The molecule has 1 atom stereocenters. The molecule has 4 heteroatoms. The van der Waals surface area contributed by atoms with E-state index in [0.717, 1.165) is 12.1 Å². The highest BCUT2D eigenvalue weighted by atomic mass is 16.3. The van der Waals surface area contributed by atoms with Crippen LogP contribution in [0.1, 0.15) is 17.2 Å². The van der Waals surface area contributed by atoms with E-state index >= 15 is 0 Å². The minimum Gasteiger partial charge on any atom is -0.508 e. The van der Waals surface area contributed by atoms with E-state index in [9.17, 15) is 10.2 Å². The average Bonchev–Trinajstić information content (AvgIpc) is 2.43. The highest BCUT2D eigenvalue weighted by Gasteiger charge is 2.19. The molecule has 0 aliphatic carbocycles. The molecule has 20 heavy (non-hydrogen) atoms. The lowest BCUT2D eigenvalue weighted by Crippen LogP contribution is -2.30. The van der Waals surface area contributed by atoms with Gasteiger partial charge in [0.2, 0.25) is 0 Å². The van der Waals surface area contributed by atoms with Gasteiger partial charge in [0.15, 0.2) is 0 Å². The second-order valence-corrected chi connectivity index (χ2v) is 4.90. The van der Waals surface area contributed by atoms with Gasteiger partial charge in [0.25, 0.3) is 0 Å². The zero-order valence-corrected chi connectivity index (χ0v) is 11.5. The Labute approximate surface area is 119 Å². The van der Waals surface area contributed by atoms with Gasteiger partial charge in [-0.2, -0.15) is 0 Å². The van der Waals surface area contributed by atoms with Crippen LogP contribution in [0.2, 0.25) is 0 Å². The summed E-state index contributed by atoms with van der Waals surface area (Å²) in [5, 5.41) is 19.3. The summed E-state index contributed by atoms with van der Waals surface area (Å²) in [6.45, 7) is 1.13. The van der Waals surface area contributed by atoms with E-state index in [0.29, 0.717) is 6.54 Å². The van der Waals surface area contributed by atoms with Crippen LogP contribution in [0.25, 0.3) is 0 Å². The van der Waals surface area contributed by atoms with Crippen molar-refractivity contribution in [3.63, 3.8) is 0 Å². The molecule has 4 N–H and O–H groups in total. The quantitative estimate of drug-likeness (QED) is 0.780. The molecule has 0 aromatic heterocycles. The summed E-state index contributed by atoms with van der Waals surface area (Å²) in [4.78, 5) is 2.08. The number of nitrogens with two attached hydrogens (primary N) is 1. The molecule has 2 aromatic rings. The maximum Gasteiger partial charge on any atom is 0.124 e. The number of hydrogen-bond donors (Lipinski definition) is 3. The van der Waals surface area contributed by atoms with Crippen molar-refractivity contribution in [1.29, 1.82) is 0 Å². The van der Waals surface area contributed by atoms with Gasteiger partial charge in [-0.15, -0.1) is 0 Å². The van der Waals surface area contributed by atoms with Crippen molar-refractivity contribution in [2.24, 2.45) is 5.73 Å². The average molecular weight is 272 g/mol. The number of nitrogens with zero attached hydrogens (tertiary/aromatic N) is 1. The smallest absolute Gasteiger partial charge is 0.124 e. The summed E-state index contributed by atoms with van der Waals surface area (Å²) < 4.78 is 0. The van der Waals surface area contributed by atoms with Crippen molar-refractivity contribution in [3.05, 3.63) is 59.7 Å². The van der Waals surface area contributed by atoms with Crippen molar-refractivity contribution in [2.75, 3.05) is 13.6 Å². The second kappa shape index (κ2) is 6.41. The maximum atomic E-state index is 9.97. The Hall–Kier alpha value is -2.04. The van der Waals surface area contributed by atoms with Gasteiger partial charge >= 0.3 is 0 Å². The predicted octanol–water partition coefficient (Wildman–Crippen LogP) is 2.23. The number of phenolic OH excluding ortho intramolecular Hbond substituents is 2. The van der Waals surface area contributed by atoms with E-state index in [1.54, 1.807) is 12.1 Å². The molecule has 0 spiro atoms. The summed E-state index contributed by atoms with van der Waals surface area (Å²) in [6.07, 6.45) is 0. The highest BCUT2D eigenvalue weighted by molar-refractivity contribution is 5.41. The summed E-state index contributed by atoms with van der Waals surface area (Å²) in [7, 11) is 1.97. The molecule has 0 bridgehead atoms. The number of aromatic hydroxyl groups is 2. The van der Waals surface area contributed by atoms with Gasteiger partial charge in [-0.1, -0.05) is 36.4 Å². The molecule has 0 heterocycles. The predicted molar refractivity (Wildman–Crippen MR) is 79.5 cm³/mol.